The van der Waals surface area contributed by atoms with Gasteiger partial charge in [0, 0.05) is 5.56 Å². The topological polar surface area (TPSA) is 20.2 Å². The van der Waals surface area contributed by atoms with Crippen LogP contribution < -0.4 is 0 Å². The summed E-state index contributed by atoms with van der Waals surface area (Å²) in [6.45, 7) is 5.73. The van der Waals surface area contributed by atoms with Crippen LogP contribution in [0, 0.1) is 0 Å². The number of halogens is 2. The lowest BCUT2D eigenvalue weighted by molar-refractivity contribution is 0.168. The molecule has 0 aliphatic heterocycles. The molecule has 1 nitrogen and oxygen atoms in total. The van der Waals surface area contributed by atoms with Gasteiger partial charge in [-0.25, -0.2) is 0 Å². The third-order valence-electron chi connectivity index (χ3n) is 2.19. The maximum absolute atomic E-state index is 9.89. The minimum absolute atomic E-state index is 0.438. The largest absolute Gasteiger partial charge is 0.388 e. The van der Waals surface area contributed by atoms with Crippen molar-refractivity contribution in [1.29, 1.82) is 0 Å². The smallest absolute Gasteiger partial charge is 0.0808 e. The molecule has 0 saturated heterocycles. The van der Waals surface area contributed by atoms with E-state index in [1.807, 2.05) is 6.92 Å². The van der Waals surface area contributed by atoms with Crippen molar-refractivity contribution in [3.63, 3.8) is 0 Å². The molecule has 0 aromatic heterocycles. The summed E-state index contributed by atoms with van der Waals surface area (Å²) in [5.41, 5.74) is 1.73. The number of hydrogen-bond acceptors (Lipinski definition) is 1. The highest BCUT2D eigenvalue weighted by atomic mass is 35.5. The second-order valence-corrected chi connectivity index (χ2v) is 4.44. The van der Waals surface area contributed by atoms with Gasteiger partial charge in [0.15, 0.2) is 0 Å². The zero-order chi connectivity index (χ0) is 11.4. The Bertz CT molecular complexity index is 361. The van der Waals surface area contributed by atoms with E-state index in [9.17, 15) is 5.11 Å². The molecule has 0 aliphatic carbocycles. The van der Waals surface area contributed by atoms with E-state index in [-0.39, 0.29) is 0 Å². The van der Waals surface area contributed by atoms with E-state index >= 15 is 0 Å². The Kier molecular flexibility index (Phi) is 4.65. The van der Waals surface area contributed by atoms with E-state index in [1.54, 1.807) is 18.2 Å². The van der Waals surface area contributed by atoms with Crippen LogP contribution in [0.25, 0.3) is 0 Å². The van der Waals surface area contributed by atoms with Crippen LogP contribution >= 0.6 is 23.2 Å². The lowest BCUT2D eigenvalue weighted by Gasteiger charge is -2.13. The number of hydrogen-bond donors (Lipinski definition) is 1. The lowest BCUT2D eigenvalue weighted by atomic mass is 10.0. The van der Waals surface area contributed by atoms with Crippen LogP contribution in [0.5, 0.6) is 0 Å². The normalized spacial score (nSPS) is 12.5. The maximum Gasteiger partial charge on any atom is 0.0808 e. The Hall–Kier alpha value is -0.500. The fraction of sp³-hybridized carbons (Fsp3) is 0.333. The maximum atomic E-state index is 9.89. The molecule has 0 bridgehead atoms. The highest BCUT2D eigenvalue weighted by Crippen LogP contribution is 2.32. The van der Waals surface area contributed by atoms with Gasteiger partial charge in [-0.2, -0.15) is 0 Å². The van der Waals surface area contributed by atoms with Gasteiger partial charge in [0.1, 0.15) is 0 Å². The first kappa shape index (κ1) is 12.6. The predicted octanol–water partition coefficient (Wildman–Crippen LogP) is 4.38. The number of aliphatic hydroxyl groups is 1. The molecule has 1 rings (SSSR count). The van der Waals surface area contributed by atoms with Gasteiger partial charge in [0.05, 0.1) is 16.1 Å². The molecule has 0 spiro atoms. The number of allylic oxidation sites excluding steroid dienone is 1. The highest BCUT2D eigenvalue weighted by molar-refractivity contribution is 6.42. The van der Waals surface area contributed by atoms with Gasteiger partial charge in [0.2, 0.25) is 0 Å². The fourth-order valence-corrected chi connectivity index (χ4v) is 1.75. The highest BCUT2D eigenvalue weighted by Gasteiger charge is 2.12. The molecular weight excluding hydrogens is 231 g/mol. The monoisotopic (exact) mass is 244 g/mol. The average Bonchev–Trinajstić information content (AvgIpc) is 2.18. The summed E-state index contributed by atoms with van der Waals surface area (Å²) in [4.78, 5) is 0. The van der Waals surface area contributed by atoms with Crippen molar-refractivity contribution in [3.05, 3.63) is 46.0 Å². The van der Waals surface area contributed by atoms with Gasteiger partial charge in [-0.15, -0.1) is 6.58 Å². The zero-order valence-electron chi connectivity index (χ0n) is 8.63. The molecule has 1 unspecified atom stereocenters. The molecule has 1 N–H and O–H groups in total. The van der Waals surface area contributed by atoms with Crippen LogP contribution in [-0.2, 0) is 0 Å². The number of benzene rings is 1. The Morgan fingerprint density at radius 3 is 2.73 bits per heavy atom. The van der Waals surface area contributed by atoms with Crippen LogP contribution in [0.2, 0.25) is 10.0 Å². The summed E-state index contributed by atoms with van der Waals surface area (Å²) in [6.07, 6.45) is 0.826. The number of aliphatic hydroxyl groups excluding tert-OH is 1. The first-order valence-electron chi connectivity index (χ1n) is 4.78. The van der Waals surface area contributed by atoms with Crippen molar-refractivity contribution in [1.82, 2.24) is 0 Å². The van der Waals surface area contributed by atoms with Gasteiger partial charge in [-0.3, -0.25) is 0 Å². The molecule has 1 aromatic rings. The molecule has 1 aromatic carbocycles. The predicted molar refractivity (Wildman–Crippen MR) is 65.5 cm³/mol. The van der Waals surface area contributed by atoms with Crippen molar-refractivity contribution < 1.29 is 5.11 Å². The number of rotatable bonds is 4. The molecule has 0 fully saturated rings. The summed E-state index contributed by atoms with van der Waals surface area (Å²) >= 11 is 11.8. The summed E-state index contributed by atoms with van der Waals surface area (Å²) in [7, 11) is 0. The Labute approximate surface area is 100 Å². The third kappa shape index (κ3) is 3.53. The fourth-order valence-electron chi connectivity index (χ4n) is 1.32. The van der Waals surface area contributed by atoms with Crippen molar-refractivity contribution in [2.45, 2.75) is 25.9 Å². The van der Waals surface area contributed by atoms with E-state index in [0.29, 0.717) is 22.0 Å². The molecular formula is C12H14Cl2O. The van der Waals surface area contributed by atoms with Gasteiger partial charge in [-0.1, -0.05) is 40.9 Å². The summed E-state index contributed by atoms with van der Waals surface area (Å²) in [6, 6.07) is 5.28. The Morgan fingerprint density at radius 2 is 2.13 bits per heavy atom. The first-order valence-corrected chi connectivity index (χ1v) is 5.54. The molecule has 0 saturated carbocycles. The quantitative estimate of drug-likeness (QED) is 0.780. The Morgan fingerprint density at radius 1 is 1.47 bits per heavy atom. The van der Waals surface area contributed by atoms with E-state index in [2.05, 4.69) is 6.58 Å². The van der Waals surface area contributed by atoms with E-state index in [4.69, 9.17) is 23.2 Å². The average molecular weight is 245 g/mol. The summed E-state index contributed by atoms with van der Waals surface area (Å²) in [5.74, 6) is 0. The van der Waals surface area contributed by atoms with Crippen LogP contribution in [0.15, 0.2) is 30.4 Å². The molecule has 0 aliphatic rings. The molecule has 0 radical (unpaired) electrons. The van der Waals surface area contributed by atoms with E-state index in [1.165, 1.54) is 0 Å². The summed E-state index contributed by atoms with van der Waals surface area (Å²) in [5, 5.41) is 10.8. The Balaban J connectivity index is 2.77. The summed E-state index contributed by atoms with van der Waals surface area (Å²) < 4.78 is 0. The second kappa shape index (κ2) is 5.55. The van der Waals surface area contributed by atoms with Crippen molar-refractivity contribution in [2.24, 2.45) is 0 Å². The third-order valence-corrected chi connectivity index (χ3v) is 3.02. The van der Waals surface area contributed by atoms with Gasteiger partial charge >= 0.3 is 0 Å². The van der Waals surface area contributed by atoms with Gasteiger partial charge < -0.3 is 5.11 Å². The molecule has 82 valence electrons. The van der Waals surface area contributed by atoms with E-state index < -0.39 is 6.10 Å². The van der Waals surface area contributed by atoms with Crippen LogP contribution in [-0.4, -0.2) is 5.11 Å². The van der Waals surface area contributed by atoms with Crippen LogP contribution in [0.3, 0.4) is 0 Å². The van der Waals surface area contributed by atoms with Crippen molar-refractivity contribution in [3.8, 4) is 0 Å². The zero-order valence-corrected chi connectivity index (χ0v) is 10.1. The standard InChI is InChI=1S/C12H14Cl2O/c1-8(2)6-7-11(15)9-4-3-5-10(13)12(9)14/h3-5,11,15H,1,6-7H2,2H3. The van der Waals surface area contributed by atoms with Crippen molar-refractivity contribution in [2.75, 3.05) is 0 Å². The molecule has 15 heavy (non-hydrogen) atoms. The molecule has 0 amide bonds. The minimum atomic E-state index is -0.576. The molecule has 3 heteroatoms. The van der Waals surface area contributed by atoms with Gasteiger partial charge in [-0.05, 0) is 25.8 Å². The van der Waals surface area contributed by atoms with Gasteiger partial charge in [0.25, 0.3) is 0 Å². The van der Waals surface area contributed by atoms with Crippen LogP contribution in [0.1, 0.15) is 31.4 Å². The van der Waals surface area contributed by atoms with Crippen LogP contribution in [0.4, 0.5) is 0 Å². The minimum Gasteiger partial charge on any atom is -0.388 e. The SMILES string of the molecule is C=C(C)CCC(O)c1cccc(Cl)c1Cl. The second-order valence-electron chi connectivity index (χ2n) is 3.65. The van der Waals surface area contributed by atoms with Crippen molar-refractivity contribution >= 4 is 23.2 Å². The molecule has 1 atom stereocenters. The first-order chi connectivity index (χ1) is 7.02. The molecule has 0 heterocycles. The van der Waals surface area contributed by atoms with E-state index in [0.717, 1.165) is 12.0 Å². The lowest BCUT2D eigenvalue weighted by Crippen LogP contribution is -1.98.